The van der Waals surface area contributed by atoms with Crippen molar-refractivity contribution in [3.63, 3.8) is 0 Å². The van der Waals surface area contributed by atoms with E-state index >= 15 is 0 Å². The van der Waals surface area contributed by atoms with Crippen LogP contribution in [0.15, 0.2) is 12.4 Å². The Kier molecular flexibility index (Phi) is 5.10. The highest BCUT2D eigenvalue weighted by Gasteiger charge is 2.20. The summed E-state index contributed by atoms with van der Waals surface area (Å²) in [6, 6.07) is 0. The number of amides is 1. The monoisotopic (exact) mass is 282 g/mol. The molecular weight excluding hydrogens is 264 g/mol. The number of hydrogen-bond acceptors (Lipinski definition) is 4. The molecule has 2 rings (SSSR count). The molecule has 1 aromatic rings. The highest BCUT2D eigenvalue weighted by molar-refractivity contribution is 6.29. The van der Waals surface area contributed by atoms with E-state index in [4.69, 9.17) is 17.3 Å². The van der Waals surface area contributed by atoms with Crippen LogP contribution in [0, 0.1) is 11.8 Å². The van der Waals surface area contributed by atoms with Crippen molar-refractivity contribution in [2.24, 2.45) is 17.6 Å². The van der Waals surface area contributed by atoms with Crippen molar-refractivity contribution in [2.75, 3.05) is 13.1 Å². The quantitative estimate of drug-likeness (QED) is 0.879. The highest BCUT2D eigenvalue weighted by Crippen LogP contribution is 2.27. The predicted molar refractivity (Wildman–Crippen MR) is 73.9 cm³/mol. The van der Waals surface area contributed by atoms with E-state index in [1.807, 2.05) is 0 Å². The number of carbonyl (C=O) groups is 1. The number of aromatic nitrogens is 2. The molecule has 0 spiro atoms. The molecule has 104 valence electrons. The molecule has 0 aromatic carbocycles. The highest BCUT2D eigenvalue weighted by atomic mass is 35.5. The van der Waals surface area contributed by atoms with Crippen molar-refractivity contribution in [3.8, 4) is 0 Å². The van der Waals surface area contributed by atoms with Crippen LogP contribution in [0.25, 0.3) is 0 Å². The van der Waals surface area contributed by atoms with Crippen LogP contribution in [0.4, 0.5) is 0 Å². The fourth-order valence-electron chi connectivity index (χ4n) is 2.43. The molecule has 1 aliphatic carbocycles. The molecule has 1 amide bonds. The maximum absolute atomic E-state index is 11.8. The lowest BCUT2D eigenvalue weighted by Gasteiger charge is -2.27. The molecular formula is C13H19ClN4O. The van der Waals surface area contributed by atoms with Gasteiger partial charge in [0.25, 0.3) is 5.91 Å². The minimum Gasteiger partial charge on any atom is -0.350 e. The molecule has 0 saturated heterocycles. The molecule has 1 fully saturated rings. The zero-order valence-corrected chi connectivity index (χ0v) is 11.6. The molecule has 1 saturated carbocycles. The van der Waals surface area contributed by atoms with Gasteiger partial charge in [0, 0.05) is 6.54 Å². The van der Waals surface area contributed by atoms with Gasteiger partial charge in [-0.2, -0.15) is 0 Å². The van der Waals surface area contributed by atoms with E-state index < -0.39 is 0 Å². The third kappa shape index (κ3) is 4.14. The molecule has 5 nitrogen and oxygen atoms in total. The maximum atomic E-state index is 11.8. The molecule has 1 aliphatic rings. The normalized spacial score (nSPS) is 23.1. The molecule has 1 aromatic heterocycles. The van der Waals surface area contributed by atoms with Crippen molar-refractivity contribution in [2.45, 2.75) is 25.7 Å². The molecule has 0 bridgehead atoms. The Morgan fingerprint density at radius 2 is 1.95 bits per heavy atom. The first-order chi connectivity index (χ1) is 9.19. The predicted octanol–water partition coefficient (Wildman–Crippen LogP) is 1.62. The van der Waals surface area contributed by atoms with Crippen molar-refractivity contribution < 1.29 is 4.79 Å². The molecule has 0 unspecified atom stereocenters. The van der Waals surface area contributed by atoms with Crippen molar-refractivity contribution >= 4 is 17.5 Å². The van der Waals surface area contributed by atoms with Crippen LogP contribution < -0.4 is 11.1 Å². The van der Waals surface area contributed by atoms with Gasteiger partial charge in [-0.25, -0.2) is 9.97 Å². The molecule has 19 heavy (non-hydrogen) atoms. The van der Waals surface area contributed by atoms with E-state index in [2.05, 4.69) is 15.3 Å². The van der Waals surface area contributed by atoms with Crippen LogP contribution >= 0.6 is 11.6 Å². The Hall–Kier alpha value is -1.20. The van der Waals surface area contributed by atoms with Gasteiger partial charge < -0.3 is 11.1 Å². The largest absolute Gasteiger partial charge is 0.350 e. The molecule has 3 N–H and O–H groups in total. The number of rotatable bonds is 4. The smallest absolute Gasteiger partial charge is 0.271 e. The van der Waals surface area contributed by atoms with Crippen LogP contribution in [-0.4, -0.2) is 29.0 Å². The maximum Gasteiger partial charge on any atom is 0.271 e. The van der Waals surface area contributed by atoms with E-state index in [-0.39, 0.29) is 11.1 Å². The van der Waals surface area contributed by atoms with Crippen molar-refractivity contribution in [1.82, 2.24) is 15.3 Å². The van der Waals surface area contributed by atoms with Crippen molar-refractivity contribution in [1.29, 1.82) is 0 Å². The van der Waals surface area contributed by atoms with Crippen LogP contribution in [0.3, 0.4) is 0 Å². The average molecular weight is 283 g/mol. The summed E-state index contributed by atoms with van der Waals surface area (Å²) in [6.45, 7) is 1.47. The van der Waals surface area contributed by atoms with Gasteiger partial charge in [-0.3, -0.25) is 4.79 Å². The number of carbonyl (C=O) groups excluding carboxylic acids is 1. The van der Waals surface area contributed by atoms with Crippen molar-refractivity contribution in [3.05, 3.63) is 23.2 Å². The van der Waals surface area contributed by atoms with E-state index in [9.17, 15) is 4.79 Å². The van der Waals surface area contributed by atoms with Gasteiger partial charge in [-0.05, 0) is 44.1 Å². The molecule has 1 heterocycles. The lowest BCUT2D eigenvalue weighted by atomic mass is 9.82. The summed E-state index contributed by atoms with van der Waals surface area (Å²) in [6.07, 6.45) is 7.37. The van der Waals surface area contributed by atoms with Gasteiger partial charge in [0.05, 0.1) is 12.4 Å². The van der Waals surface area contributed by atoms with Gasteiger partial charge in [-0.1, -0.05) is 11.6 Å². The van der Waals surface area contributed by atoms with Gasteiger partial charge >= 0.3 is 0 Å². The first-order valence-corrected chi connectivity index (χ1v) is 7.02. The zero-order valence-electron chi connectivity index (χ0n) is 10.8. The number of halogens is 1. The summed E-state index contributed by atoms with van der Waals surface area (Å²) < 4.78 is 0. The van der Waals surface area contributed by atoms with Crippen LogP contribution in [0.2, 0.25) is 5.15 Å². The first-order valence-electron chi connectivity index (χ1n) is 6.65. The number of nitrogens with zero attached hydrogens (tertiary/aromatic N) is 2. The molecule has 0 aliphatic heterocycles. The molecule has 0 radical (unpaired) electrons. The third-order valence-electron chi connectivity index (χ3n) is 3.70. The minimum absolute atomic E-state index is 0.190. The zero-order chi connectivity index (χ0) is 13.7. The molecule has 6 heteroatoms. The fourth-order valence-corrected chi connectivity index (χ4v) is 2.53. The summed E-state index contributed by atoms with van der Waals surface area (Å²) in [4.78, 5) is 19.6. The Balaban J connectivity index is 1.76. The van der Waals surface area contributed by atoms with Gasteiger partial charge in [0.2, 0.25) is 0 Å². The van der Waals surface area contributed by atoms with E-state index in [0.29, 0.717) is 24.1 Å². The summed E-state index contributed by atoms with van der Waals surface area (Å²) in [5.41, 5.74) is 5.97. The minimum atomic E-state index is -0.190. The number of hydrogen-bond donors (Lipinski definition) is 2. The van der Waals surface area contributed by atoms with E-state index in [1.165, 1.54) is 12.4 Å². The number of nitrogens with two attached hydrogens (primary N) is 1. The SMILES string of the molecule is NCC1CCC(CNC(=O)c2cnc(Cl)cn2)CC1. The third-order valence-corrected chi connectivity index (χ3v) is 3.90. The lowest BCUT2D eigenvalue weighted by molar-refractivity contribution is 0.0936. The van der Waals surface area contributed by atoms with E-state index in [1.54, 1.807) is 0 Å². The Morgan fingerprint density at radius 3 is 2.53 bits per heavy atom. The Morgan fingerprint density at radius 1 is 1.26 bits per heavy atom. The Labute approximate surface area is 118 Å². The second-order valence-corrected chi connectivity index (χ2v) is 5.44. The lowest BCUT2D eigenvalue weighted by Crippen LogP contribution is -2.32. The fraction of sp³-hybridized carbons (Fsp3) is 0.615. The number of nitrogens with one attached hydrogen (secondary N) is 1. The van der Waals surface area contributed by atoms with Gasteiger partial charge in [-0.15, -0.1) is 0 Å². The summed E-state index contributed by atoms with van der Waals surface area (Å²) >= 11 is 5.63. The van der Waals surface area contributed by atoms with Crippen LogP contribution in [0.1, 0.15) is 36.2 Å². The second-order valence-electron chi connectivity index (χ2n) is 5.06. The molecule has 0 atom stereocenters. The van der Waals surface area contributed by atoms with Crippen LogP contribution in [0.5, 0.6) is 0 Å². The average Bonchev–Trinajstić information content (AvgIpc) is 2.46. The summed E-state index contributed by atoms with van der Waals surface area (Å²) in [5.74, 6) is 1.02. The summed E-state index contributed by atoms with van der Waals surface area (Å²) in [7, 11) is 0. The van der Waals surface area contributed by atoms with Gasteiger partial charge in [0.1, 0.15) is 10.8 Å². The second kappa shape index (κ2) is 6.82. The van der Waals surface area contributed by atoms with Crippen LogP contribution in [-0.2, 0) is 0 Å². The summed E-state index contributed by atoms with van der Waals surface area (Å²) in [5, 5.41) is 3.19. The first kappa shape index (κ1) is 14.2. The van der Waals surface area contributed by atoms with Gasteiger partial charge in [0.15, 0.2) is 0 Å². The standard InChI is InChI=1S/C13H19ClN4O/c14-12-8-16-11(7-17-12)13(19)18-6-10-3-1-9(5-15)2-4-10/h7-10H,1-6,15H2,(H,18,19). The topological polar surface area (TPSA) is 80.9 Å². The van der Waals surface area contributed by atoms with E-state index in [0.717, 1.165) is 32.2 Å². The Bertz CT molecular complexity index is 415.